The summed E-state index contributed by atoms with van der Waals surface area (Å²) in [5.74, 6) is 1.87. The maximum atomic E-state index is 13.2. The van der Waals surface area contributed by atoms with Gasteiger partial charge in [-0.05, 0) is 55.5 Å². The number of benzene rings is 2. The Balaban J connectivity index is 1.45. The molecule has 1 unspecified atom stereocenters. The normalized spacial score (nSPS) is 14.3. The molecule has 1 aliphatic rings. The third-order valence-corrected chi connectivity index (χ3v) is 6.43. The zero-order valence-corrected chi connectivity index (χ0v) is 18.1. The van der Waals surface area contributed by atoms with Crippen molar-refractivity contribution in [3.63, 3.8) is 0 Å². The predicted molar refractivity (Wildman–Crippen MR) is 118 cm³/mol. The van der Waals surface area contributed by atoms with Crippen molar-refractivity contribution in [1.29, 1.82) is 0 Å². The van der Waals surface area contributed by atoms with Crippen molar-refractivity contribution in [2.75, 3.05) is 12.9 Å². The molecular weight excluding hydrogens is 396 g/mol. The summed E-state index contributed by atoms with van der Waals surface area (Å²) in [7, 11) is 1.64. The molecule has 30 heavy (non-hydrogen) atoms. The van der Waals surface area contributed by atoms with E-state index >= 15 is 0 Å². The molecule has 2 aromatic carbocycles. The maximum absolute atomic E-state index is 13.2. The summed E-state index contributed by atoms with van der Waals surface area (Å²) >= 11 is 1.42. The number of nitrogens with zero attached hydrogens (tertiary/aromatic N) is 4. The highest BCUT2D eigenvalue weighted by Gasteiger charge is 2.34. The number of hydrogen-bond donors (Lipinski definition) is 0. The fraction of sp³-hybridized carbons (Fsp3) is 0.348. The highest BCUT2D eigenvalue weighted by Crippen LogP contribution is 2.36. The Bertz CT molecular complexity index is 970. The molecule has 6 nitrogen and oxygen atoms in total. The van der Waals surface area contributed by atoms with Crippen LogP contribution in [0.4, 0.5) is 0 Å². The Morgan fingerprint density at radius 2 is 1.93 bits per heavy atom. The fourth-order valence-electron chi connectivity index (χ4n) is 3.52. The number of ether oxygens (including phenoxy) is 1. The van der Waals surface area contributed by atoms with Gasteiger partial charge in [0.05, 0.1) is 12.9 Å². The molecule has 7 heteroatoms. The van der Waals surface area contributed by atoms with E-state index in [4.69, 9.17) is 4.74 Å². The van der Waals surface area contributed by atoms with Crippen LogP contribution in [0.3, 0.4) is 0 Å². The zero-order chi connectivity index (χ0) is 20.9. The van der Waals surface area contributed by atoms with Crippen LogP contribution in [0.5, 0.6) is 5.75 Å². The number of hydrogen-bond acceptors (Lipinski definition) is 5. The second kappa shape index (κ2) is 9.34. The van der Waals surface area contributed by atoms with E-state index in [2.05, 4.69) is 29.3 Å². The predicted octanol–water partition coefficient (Wildman–Crippen LogP) is 4.20. The van der Waals surface area contributed by atoms with Crippen LogP contribution in [-0.4, -0.2) is 44.5 Å². The molecule has 0 aliphatic heterocycles. The van der Waals surface area contributed by atoms with Gasteiger partial charge < -0.3 is 9.64 Å². The summed E-state index contributed by atoms with van der Waals surface area (Å²) in [6, 6.07) is 18.1. The van der Waals surface area contributed by atoms with Gasteiger partial charge in [-0.3, -0.25) is 9.36 Å². The van der Waals surface area contributed by atoms with Gasteiger partial charge in [0.15, 0.2) is 5.16 Å². The van der Waals surface area contributed by atoms with Crippen LogP contribution < -0.4 is 4.74 Å². The van der Waals surface area contributed by atoms with Gasteiger partial charge in [0.25, 0.3) is 0 Å². The SMILES string of the molecule is COc1ccc(-n2cnnc2SCC(=O)N(Cc2ccccc2)C(C)C2CC2)cc1. The van der Waals surface area contributed by atoms with Gasteiger partial charge in [0.1, 0.15) is 12.1 Å². The Hall–Kier alpha value is -2.80. The van der Waals surface area contributed by atoms with Gasteiger partial charge in [-0.2, -0.15) is 0 Å². The van der Waals surface area contributed by atoms with E-state index in [0.29, 0.717) is 23.4 Å². The van der Waals surface area contributed by atoms with E-state index in [1.165, 1.54) is 24.6 Å². The average molecular weight is 423 g/mol. The van der Waals surface area contributed by atoms with Crippen LogP contribution >= 0.6 is 11.8 Å². The van der Waals surface area contributed by atoms with Gasteiger partial charge in [0, 0.05) is 18.3 Å². The number of carbonyl (C=O) groups is 1. The van der Waals surface area contributed by atoms with E-state index in [0.717, 1.165) is 17.0 Å². The van der Waals surface area contributed by atoms with Crippen LogP contribution in [-0.2, 0) is 11.3 Å². The maximum Gasteiger partial charge on any atom is 0.233 e. The van der Waals surface area contributed by atoms with Crippen LogP contribution in [0.1, 0.15) is 25.3 Å². The van der Waals surface area contributed by atoms with Crippen molar-refractivity contribution in [3.8, 4) is 11.4 Å². The number of thioether (sulfide) groups is 1. The highest BCUT2D eigenvalue weighted by atomic mass is 32.2. The molecule has 1 atom stereocenters. The van der Waals surface area contributed by atoms with Crippen LogP contribution in [0, 0.1) is 5.92 Å². The van der Waals surface area contributed by atoms with Crippen molar-refractivity contribution in [3.05, 3.63) is 66.5 Å². The van der Waals surface area contributed by atoms with Gasteiger partial charge in [-0.15, -0.1) is 10.2 Å². The molecule has 1 fully saturated rings. The number of methoxy groups -OCH3 is 1. The summed E-state index contributed by atoms with van der Waals surface area (Å²) in [6.07, 6.45) is 4.08. The summed E-state index contributed by atoms with van der Waals surface area (Å²) < 4.78 is 7.11. The smallest absolute Gasteiger partial charge is 0.233 e. The van der Waals surface area contributed by atoms with Crippen molar-refractivity contribution >= 4 is 17.7 Å². The van der Waals surface area contributed by atoms with Crippen molar-refractivity contribution < 1.29 is 9.53 Å². The Labute approximate surface area is 181 Å². The minimum absolute atomic E-state index is 0.132. The van der Waals surface area contributed by atoms with Crippen LogP contribution in [0.25, 0.3) is 5.69 Å². The summed E-state index contributed by atoms with van der Waals surface area (Å²) in [4.78, 5) is 15.2. The first-order valence-electron chi connectivity index (χ1n) is 10.2. The minimum Gasteiger partial charge on any atom is -0.497 e. The summed E-state index contributed by atoms with van der Waals surface area (Å²) in [5, 5.41) is 8.96. The standard InChI is InChI=1S/C23H26N4O2S/c1-17(19-8-9-19)26(14-18-6-4-3-5-7-18)22(28)15-30-23-25-24-16-27(23)20-10-12-21(29-2)13-11-20/h3-7,10-13,16-17,19H,8-9,14-15H2,1-2H3. The molecule has 156 valence electrons. The highest BCUT2D eigenvalue weighted by molar-refractivity contribution is 7.99. The summed E-state index contributed by atoms with van der Waals surface area (Å²) in [5.41, 5.74) is 2.09. The van der Waals surface area contributed by atoms with E-state index in [-0.39, 0.29) is 11.9 Å². The molecule has 0 N–H and O–H groups in total. The Kier molecular flexibility index (Phi) is 6.38. The molecular formula is C23H26N4O2S. The van der Waals surface area contributed by atoms with Crippen LogP contribution in [0.15, 0.2) is 66.1 Å². The number of aromatic nitrogens is 3. The molecule has 1 heterocycles. The third-order valence-electron chi connectivity index (χ3n) is 5.50. The first-order valence-corrected chi connectivity index (χ1v) is 11.1. The zero-order valence-electron chi connectivity index (χ0n) is 17.3. The molecule has 1 amide bonds. The second-order valence-electron chi connectivity index (χ2n) is 7.56. The number of amides is 1. The molecule has 4 rings (SSSR count). The molecule has 1 aromatic heterocycles. The van der Waals surface area contributed by atoms with Crippen LogP contribution in [0.2, 0.25) is 0 Å². The van der Waals surface area contributed by atoms with Gasteiger partial charge in [0.2, 0.25) is 5.91 Å². The topological polar surface area (TPSA) is 60.2 Å². The quantitative estimate of drug-likeness (QED) is 0.484. The lowest BCUT2D eigenvalue weighted by Crippen LogP contribution is -2.40. The largest absolute Gasteiger partial charge is 0.497 e. The molecule has 0 radical (unpaired) electrons. The molecule has 0 spiro atoms. The van der Waals surface area contributed by atoms with E-state index in [1.807, 2.05) is 51.9 Å². The Morgan fingerprint density at radius 3 is 2.60 bits per heavy atom. The molecule has 0 bridgehead atoms. The minimum atomic E-state index is 0.132. The monoisotopic (exact) mass is 422 g/mol. The first kappa shape index (κ1) is 20.5. The molecule has 1 saturated carbocycles. The summed E-state index contributed by atoms with van der Waals surface area (Å²) in [6.45, 7) is 2.81. The lowest BCUT2D eigenvalue weighted by atomic mass is 10.1. The second-order valence-corrected chi connectivity index (χ2v) is 8.50. The van der Waals surface area contributed by atoms with E-state index in [9.17, 15) is 4.79 Å². The number of rotatable bonds is 9. The third kappa shape index (κ3) is 4.84. The average Bonchev–Trinajstić information content (AvgIpc) is 3.54. The van der Waals surface area contributed by atoms with Gasteiger partial charge in [-0.25, -0.2) is 0 Å². The van der Waals surface area contributed by atoms with Gasteiger partial charge >= 0.3 is 0 Å². The van der Waals surface area contributed by atoms with Crippen molar-refractivity contribution in [2.45, 2.75) is 37.5 Å². The van der Waals surface area contributed by atoms with E-state index < -0.39 is 0 Å². The van der Waals surface area contributed by atoms with Crippen molar-refractivity contribution in [2.24, 2.45) is 5.92 Å². The van der Waals surface area contributed by atoms with E-state index in [1.54, 1.807) is 13.4 Å². The molecule has 3 aromatic rings. The molecule has 0 saturated heterocycles. The van der Waals surface area contributed by atoms with Gasteiger partial charge in [-0.1, -0.05) is 42.1 Å². The lowest BCUT2D eigenvalue weighted by molar-refractivity contribution is -0.131. The fourth-order valence-corrected chi connectivity index (χ4v) is 4.34. The molecule has 1 aliphatic carbocycles. The first-order chi connectivity index (χ1) is 14.7. The number of carbonyl (C=O) groups excluding carboxylic acids is 1. The van der Waals surface area contributed by atoms with Crippen molar-refractivity contribution in [1.82, 2.24) is 19.7 Å². The Morgan fingerprint density at radius 1 is 1.20 bits per heavy atom. The lowest BCUT2D eigenvalue weighted by Gasteiger charge is -2.29.